The van der Waals surface area contributed by atoms with Gasteiger partial charge in [-0.1, -0.05) is 6.92 Å². The largest absolute Gasteiger partial charge is 0.481 e. The third-order valence-corrected chi connectivity index (χ3v) is 2.64. The van der Waals surface area contributed by atoms with Crippen LogP contribution in [0.4, 0.5) is 0 Å². The molecule has 0 amide bonds. The number of hydrogen-bond acceptors (Lipinski definition) is 3. The first kappa shape index (κ1) is 11.5. The van der Waals surface area contributed by atoms with Gasteiger partial charge < -0.3 is 15.3 Å². The van der Waals surface area contributed by atoms with Gasteiger partial charge in [-0.2, -0.15) is 0 Å². The fraction of sp³-hybridized carbons (Fsp3) is 0.900. The van der Waals surface area contributed by atoms with Crippen LogP contribution in [0.5, 0.6) is 0 Å². The Hall–Kier alpha value is -0.610. The standard InChI is InChI=1S/C10H20N2O2/c1-2-11-9-4-3-6-12(8-9)7-5-10(13)14/h9,11H,2-8H2,1H3,(H,13,14). The summed E-state index contributed by atoms with van der Waals surface area (Å²) >= 11 is 0. The van der Waals surface area contributed by atoms with Gasteiger partial charge in [0.25, 0.3) is 0 Å². The van der Waals surface area contributed by atoms with Crippen LogP contribution in [-0.4, -0.2) is 48.2 Å². The summed E-state index contributed by atoms with van der Waals surface area (Å²) in [5.41, 5.74) is 0. The van der Waals surface area contributed by atoms with Gasteiger partial charge >= 0.3 is 5.97 Å². The summed E-state index contributed by atoms with van der Waals surface area (Å²) < 4.78 is 0. The molecule has 1 rings (SSSR count). The highest BCUT2D eigenvalue weighted by Crippen LogP contribution is 2.09. The maximum Gasteiger partial charge on any atom is 0.304 e. The second-order valence-corrected chi connectivity index (χ2v) is 3.84. The molecular formula is C10H20N2O2. The molecule has 1 unspecified atom stereocenters. The lowest BCUT2D eigenvalue weighted by Gasteiger charge is -2.32. The molecule has 1 heterocycles. The highest BCUT2D eigenvalue weighted by Gasteiger charge is 2.18. The lowest BCUT2D eigenvalue weighted by Crippen LogP contribution is -2.46. The van der Waals surface area contributed by atoms with Crippen molar-refractivity contribution in [3.63, 3.8) is 0 Å². The number of carboxylic acid groups (broad SMARTS) is 1. The summed E-state index contributed by atoms with van der Waals surface area (Å²) in [7, 11) is 0. The lowest BCUT2D eigenvalue weighted by molar-refractivity contribution is -0.137. The Bertz CT molecular complexity index is 183. The number of carboxylic acids is 1. The predicted octanol–water partition coefficient (Wildman–Crippen LogP) is 0.535. The van der Waals surface area contributed by atoms with E-state index in [0.29, 0.717) is 12.6 Å². The Labute approximate surface area is 85.3 Å². The average Bonchev–Trinajstić information content (AvgIpc) is 2.16. The summed E-state index contributed by atoms with van der Waals surface area (Å²) in [6.07, 6.45) is 2.66. The summed E-state index contributed by atoms with van der Waals surface area (Å²) in [6.45, 7) is 5.85. The van der Waals surface area contributed by atoms with E-state index in [1.54, 1.807) is 0 Å². The molecule has 4 heteroatoms. The summed E-state index contributed by atoms with van der Waals surface area (Å²) in [5.74, 6) is -0.699. The van der Waals surface area contributed by atoms with Crippen molar-refractivity contribution in [2.75, 3.05) is 26.2 Å². The molecule has 0 radical (unpaired) electrons. The van der Waals surface area contributed by atoms with Crippen molar-refractivity contribution in [1.82, 2.24) is 10.2 Å². The van der Waals surface area contributed by atoms with Crippen molar-refractivity contribution in [2.45, 2.75) is 32.2 Å². The first-order valence-corrected chi connectivity index (χ1v) is 5.40. The van der Waals surface area contributed by atoms with E-state index in [-0.39, 0.29) is 6.42 Å². The molecule has 1 fully saturated rings. The van der Waals surface area contributed by atoms with Crippen molar-refractivity contribution in [1.29, 1.82) is 0 Å². The second-order valence-electron chi connectivity index (χ2n) is 3.84. The molecule has 0 aromatic heterocycles. The Balaban J connectivity index is 2.21. The van der Waals surface area contributed by atoms with Crippen molar-refractivity contribution in [2.24, 2.45) is 0 Å². The second kappa shape index (κ2) is 5.98. The zero-order valence-electron chi connectivity index (χ0n) is 8.83. The number of aliphatic carboxylic acids is 1. The molecule has 14 heavy (non-hydrogen) atoms. The minimum Gasteiger partial charge on any atom is -0.481 e. The first-order chi connectivity index (χ1) is 6.72. The zero-order chi connectivity index (χ0) is 10.4. The van der Waals surface area contributed by atoms with E-state index >= 15 is 0 Å². The van der Waals surface area contributed by atoms with Crippen LogP contribution in [0.3, 0.4) is 0 Å². The molecule has 1 aliphatic rings. The molecule has 1 aliphatic heterocycles. The lowest BCUT2D eigenvalue weighted by atomic mass is 10.1. The molecule has 0 aliphatic carbocycles. The Morgan fingerprint density at radius 1 is 1.64 bits per heavy atom. The van der Waals surface area contributed by atoms with E-state index in [1.165, 1.54) is 12.8 Å². The first-order valence-electron chi connectivity index (χ1n) is 5.40. The molecule has 1 saturated heterocycles. The van der Waals surface area contributed by atoms with Gasteiger partial charge in [0.1, 0.15) is 0 Å². The van der Waals surface area contributed by atoms with Gasteiger partial charge in [-0.15, -0.1) is 0 Å². The highest BCUT2D eigenvalue weighted by molar-refractivity contribution is 5.66. The summed E-state index contributed by atoms with van der Waals surface area (Å²) in [5, 5.41) is 12.0. The van der Waals surface area contributed by atoms with Gasteiger partial charge in [0.2, 0.25) is 0 Å². The monoisotopic (exact) mass is 200 g/mol. The van der Waals surface area contributed by atoms with Crippen molar-refractivity contribution in [3.8, 4) is 0 Å². The van der Waals surface area contributed by atoms with Crippen molar-refractivity contribution in [3.05, 3.63) is 0 Å². The van der Waals surface area contributed by atoms with Gasteiger partial charge in [0.05, 0.1) is 6.42 Å². The fourth-order valence-corrected chi connectivity index (χ4v) is 1.97. The smallest absolute Gasteiger partial charge is 0.304 e. The normalized spacial score (nSPS) is 23.6. The predicted molar refractivity (Wildman–Crippen MR) is 55.4 cm³/mol. The third kappa shape index (κ3) is 4.07. The summed E-state index contributed by atoms with van der Waals surface area (Å²) in [4.78, 5) is 12.6. The quantitative estimate of drug-likeness (QED) is 0.680. The van der Waals surface area contributed by atoms with Crippen LogP contribution in [-0.2, 0) is 4.79 Å². The van der Waals surface area contributed by atoms with Gasteiger partial charge in [-0.25, -0.2) is 0 Å². The number of piperidine rings is 1. The maximum atomic E-state index is 10.4. The molecule has 0 spiro atoms. The number of nitrogens with one attached hydrogen (secondary N) is 1. The van der Waals surface area contributed by atoms with E-state index < -0.39 is 5.97 Å². The molecule has 2 N–H and O–H groups in total. The summed E-state index contributed by atoms with van der Waals surface area (Å²) in [6, 6.07) is 0.558. The topological polar surface area (TPSA) is 52.6 Å². The molecule has 0 aromatic rings. The Kier molecular flexibility index (Phi) is 4.90. The molecule has 1 atom stereocenters. The van der Waals surface area contributed by atoms with Crippen LogP contribution in [0.2, 0.25) is 0 Å². The fourth-order valence-electron chi connectivity index (χ4n) is 1.97. The third-order valence-electron chi connectivity index (χ3n) is 2.64. The van der Waals surface area contributed by atoms with E-state index in [1.807, 2.05) is 0 Å². The minimum atomic E-state index is -0.699. The van der Waals surface area contributed by atoms with Gasteiger partial charge in [0, 0.05) is 19.1 Å². The minimum absolute atomic E-state index is 0.263. The Morgan fingerprint density at radius 3 is 3.07 bits per heavy atom. The number of hydrogen-bond donors (Lipinski definition) is 2. The van der Waals surface area contributed by atoms with E-state index in [2.05, 4.69) is 17.1 Å². The molecule has 0 aromatic carbocycles. The molecule has 4 nitrogen and oxygen atoms in total. The Morgan fingerprint density at radius 2 is 2.43 bits per heavy atom. The highest BCUT2D eigenvalue weighted by atomic mass is 16.4. The van der Waals surface area contributed by atoms with Crippen molar-refractivity contribution < 1.29 is 9.90 Å². The number of nitrogens with zero attached hydrogens (tertiary/aromatic N) is 1. The molecule has 82 valence electrons. The van der Waals surface area contributed by atoms with Crippen LogP contribution in [0, 0.1) is 0 Å². The van der Waals surface area contributed by atoms with E-state index in [9.17, 15) is 4.79 Å². The van der Waals surface area contributed by atoms with Crippen LogP contribution in [0.1, 0.15) is 26.2 Å². The zero-order valence-corrected chi connectivity index (χ0v) is 8.83. The molecule has 0 saturated carbocycles. The molecule has 0 bridgehead atoms. The van der Waals surface area contributed by atoms with Crippen LogP contribution in [0.15, 0.2) is 0 Å². The van der Waals surface area contributed by atoms with Crippen molar-refractivity contribution >= 4 is 5.97 Å². The number of rotatable bonds is 5. The van der Waals surface area contributed by atoms with Crippen LogP contribution >= 0.6 is 0 Å². The van der Waals surface area contributed by atoms with Crippen LogP contribution in [0.25, 0.3) is 0 Å². The SMILES string of the molecule is CCNC1CCCN(CCC(=O)O)C1. The average molecular weight is 200 g/mol. The van der Waals surface area contributed by atoms with Gasteiger partial charge in [0.15, 0.2) is 0 Å². The van der Waals surface area contributed by atoms with E-state index in [4.69, 9.17) is 5.11 Å². The van der Waals surface area contributed by atoms with Gasteiger partial charge in [-0.05, 0) is 25.9 Å². The number of carbonyl (C=O) groups is 1. The maximum absolute atomic E-state index is 10.4. The van der Waals surface area contributed by atoms with E-state index in [0.717, 1.165) is 19.6 Å². The van der Waals surface area contributed by atoms with Gasteiger partial charge in [-0.3, -0.25) is 4.79 Å². The van der Waals surface area contributed by atoms with Crippen LogP contribution < -0.4 is 5.32 Å². The number of likely N-dealkylation sites (tertiary alicyclic amines) is 1. The molecular weight excluding hydrogens is 180 g/mol. The number of likely N-dealkylation sites (N-methyl/N-ethyl adjacent to an activating group) is 1.